The van der Waals surface area contributed by atoms with Crippen LogP contribution in [0.15, 0.2) is 0 Å². The fourth-order valence-corrected chi connectivity index (χ4v) is 0.703. The van der Waals surface area contributed by atoms with Crippen LogP contribution in [0.2, 0.25) is 0 Å². The molecule has 1 fully saturated rings. The number of aliphatic hydroxyl groups excluding tert-OH is 1. The van der Waals surface area contributed by atoms with Gasteiger partial charge in [0.1, 0.15) is 6.10 Å². The molecular formula is C6H13NO2. The van der Waals surface area contributed by atoms with Crippen LogP contribution in [0.1, 0.15) is 6.92 Å². The third-order valence-corrected chi connectivity index (χ3v) is 1.59. The lowest BCUT2D eigenvalue weighted by Gasteiger charge is -2.10. The molecule has 0 spiro atoms. The molecule has 1 N–H and O–H groups in total. The SMILES string of the molecule is CCN(C)CC1OC1O. The molecule has 0 aliphatic carbocycles. The van der Waals surface area contributed by atoms with Crippen molar-refractivity contribution in [3.05, 3.63) is 0 Å². The molecule has 1 aliphatic heterocycles. The Morgan fingerprint density at radius 3 is 2.56 bits per heavy atom. The van der Waals surface area contributed by atoms with Crippen LogP contribution in [0.5, 0.6) is 0 Å². The number of likely N-dealkylation sites (N-methyl/N-ethyl adjacent to an activating group) is 1. The maximum Gasteiger partial charge on any atom is 0.183 e. The summed E-state index contributed by atoms with van der Waals surface area (Å²) in [6.45, 7) is 3.93. The summed E-state index contributed by atoms with van der Waals surface area (Å²) in [4.78, 5) is 2.11. The van der Waals surface area contributed by atoms with Crippen LogP contribution in [0.4, 0.5) is 0 Å². The molecule has 0 radical (unpaired) electrons. The zero-order valence-electron chi connectivity index (χ0n) is 5.87. The average Bonchev–Trinajstić information content (AvgIpc) is 2.47. The van der Waals surface area contributed by atoms with E-state index in [4.69, 9.17) is 9.84 Å². The zero-order valence-corrected chi connectivity index (χ0v) is 5.87. The quantitative estimate of drug-likeness (QED) is 0.532. The van der Waals surface area contributed by atoms with E-state index < -0.39 is 6.29 Å². The van der Waals surface area contributed by atoms with Gasteiger partial charge in [0, 0.05) is 6.54 Å². The van der Waals surface area contributed by atoms with Crippen LogP contribution in [-0.4, -0.2) is 42.5 Å². The summed E-state index contributed by atoms with van der Waals surface area (Å²) in [6.07, 6.45) is -0.408. The minimum atomic E-state index is -0.487. The minimum absolute atomic E-state index is 0.0787. The number of aliphatic hydroxyl groups is 1. The maximum absolute atomic E-state index is 8.72. The highest BCUT2D eigenvalue weighted by Gasteiger charge is 2.37. The Balaban J connectivity index is 2.05. The summed E-state index contributed by atoms with van der Waals surface area (Å²) in [7, 11) is 2.01. The smallest absolute Gasteiger partial charge is 0.183 e. The molecule has 2 unspecified atom stereocenters. The Kier molecular flexibility index (Phi) is 2.05. The first-order valence-corrected chi connectivity index (χ1v) is 3.26. The van der Waals surface area contributed by atoms with Gasteiger partial charge in [-0.05, 0) is 13.6 Å². The van der Waals surface area contributed by atoms with Gasteiger partial charge in [0.05, 0.1) is 0 Å². The van der Waals surface area contributed by atoms with Gasteiger partial charge in [-0.15, -0.1) is 0 Å². The van der Waals surface area contributed by atoms with Crippen LogP contribution in [0.3, 0.4) is 0 Å². The second-order valence-corrected chi connectivity index (χ2v) is 2.42. The predicted molar refractivity (Wildman–Crippen MR) is 34.1 cm³/mol. The van der Waals surface area contributed by atoms with E-state index in [-0.39, 0.29) is 6.10 Å². The average molecular weight is 131 g/mol. The summed E-state index contributed by atoms with van der Waals surface area (Å²) in [6, 6.07) is 0. The minimum Gasteiger partial charge on any atom is -0.366 e. The second kappa shape index (κ2) is 2.64. The molecule has 0 aromatic rings. The molecule has 0 aromatic carbocycles. The van der Waals surface area contributed by atoms with Crippen LogP contribution < -0.4 is 0 Å². The normalized spacial score (nSPS) is 33.3. The Morgan fingerprint density at radius 1 is 1.67 bits per heavy atom. The molecule has 1 rings (SSSR count). The Morgan fingerprint density at radius 2 is 2.22 bits per heavy atom. The van der Waals surface area contributed by atoms with Crippen LogP contribution >= 0.6 is 0 Å². The second-order valence-electron chi connectivity index (χ2n) is 2.42. The van der Waals surface area contributed by atoms with E-state index in [1.807, 2.05) is 7.05 Å². The van der Waals surface area contributed by atoms with Crippen molar-refractivity contribution in [2.75, 3.05) is 20.1 Å². The molecule has 0 bridgehead atoms. The summed E-state index contributed by atoms with van der Waals surface area (Å²) in [5.41, 5.74) is 0. The fourth-order valence-electron chi connectivity index (χ4n) is 0.703. The summed E-state index contributed by atoms with van der Waals surface area (Å²) < 4.78 is 4.80. The van der Waals surface area contributed by atoms with Gasteiger partial charge < -0.3 is 14.7 Å². The van der Waals surface area contributed by atoms with E-state index in [2.05, 4.69) is 11.8 Å². The highest BCUT2D eigenvalue weighted by molar-refractivity contribution is 4.77. The lowest BCUT2D eigenvalue weighted by molar-refractivity contribution is 0.155. The molecule has 9 heavy (non-hydrogen) atoms. The highest BCUT2D eigenvalue weighted by Crippen LogP contribution is 2.18. The number of hydrogen-bond donors (Lipinski definition) is 1. The Bertz CT molecular complexity index is 95.1. The molecule has 54 valence electrons. The Labute approximate surface area is 55.2 Å². The molecule has 0 aromatic heterocycles. The van der Waals surface area contributed by atoms with Crippen LogP contribution in [-0.2, 0) is 4.74 Å². The van der Waals surface area contributed by atoms with E-state index in [1.54, 1.807) is 0 Å². The molecule has 2 atom stereocenters. The Hall–Kier alpha value is -0.120. The molecule has 1 heterocycles. The highest BCUT2D eigenvalue weighted by atomic mass is 16.7. The van der Waals surface area contributed by atoms with Crippen molar-refractivity contribution in [2.24, 2.45) is 0 Å². The van der Waals surface area contributed by atoms with Crippen LogP contribution in [0, 0.1) is 0 Å². The van der Waals surface area contributed by atoms with Gasteiger partial charge in [0.2, 0.25) is 0 Å². The van der Waals surface area contributed by atoms with Crippen molar-refractivity contribution >= 4 is 0 Å². The first kappa shape index (κ1) is 6.99. The molecule has 3 heteroatoms. The maximum atomic E-state index is 8.72. The van der Waals surface area contributed by atoms with Crippen molar-refractivity contribution in [3.63, 3.8) is 0 Å². The first-order chi connectivity index (χ1) is 4.24. The lowest BCUT2D eigenvalue weighted by Crippen LogP contribution is -2.23. The van der Waals surface area contributed by atoms with E-state index in [9.17, 15) is 0 Å². The standard InChI is InChI=1S/C6H13NO2/c1-3-7(2)4-5-6(8)9-5/h5-6,8H,3-4H2,1-2H3. The van der Waals surface area contributed by atoms with Gasteiger partial charge in [-0.2, -0.15) is 0 Å². The van der Waals surface area contributed by atoms with Gasteiger partial charge in [0.25, 0.3) is 0 Å². The number of rotatable bonds is 3. The van der Waals surface area contributed by atoms with Gasteiger partial charge in [-0.3, -0.25) is 0 Å². The first-order valence-electron chi connectivity index (χ1n) is 3.26. The topological polar surface area (TPSA) is 36.0 Å². The van der Waals surface area contributed by atoms with Gasteiger partial charge in [-0.25, -0.2) is 0 Å². The predicted octanol–water partition coefficient (Wildman–Crippen LogP) is -0.345. The molecule has 3 nitrogen and oxygen atoms in total. The molecule has 1 saturated heterocycles. The summed E-state index contributed by atoms with van der Waals surface area (Å²) in [5, 5.41) is 8.72. The fraction of sp³-hybridized carbons (Fsp3) is 1.00. The number of epoxide rings is 1. The number of nitrogens with zero attached hydrogens (tertiary/aromatic N) is 1. The van der Waals surface area contributed by atoms with Gasteiger partial charge in [-0.1, -0.05) is 6.92 Å². The molecule has 0 saturated carbocycles. The third-order valence-electron chi connectivity index (χ3n) is 1.59. The van der Waals surface area contributed by atoms with E-state index in [1.165, 1.54) is 0 Å². The van der Waals surface area contributed by atoms with E-state index in [0.717, 1.165) is 13.1 Å². The monoisotopic (exact) mass is 131 g/mol. The van der Waals surface area contributed by atoms with Crippen molar-refractivity contribution in [3.8, 4) is 0 Å². The zero-order chi connectivity index (χ0) is 6.85. The molecular weight excluding hydrogens is 118 g/mol. The summed E-state index contributed by atoms with van der Waals surface area (Å²) in [5.74, 6) is 0. The van der Waals surface area contributed by atoms with Crippen molar-refractivity contribution in [1.29, 1.82) is 0 Å². The summed E-state index contributed by atoms with van der Waals surface area (Å²) >= 11 is 0. The molecule has 0 amide bonds. The van der Waals surface area contributed by atoms with E-state index in [0.29, 0.717) is 0 Å². The van der Waals surface area contributed by atoms with Crippen molar-refractivity contribution in [1.82, 2.24) is 4.90 Å². The van der Waals surface area contributed by atoms with E-state index >= 15 is 0 Å². The molecule has 1 aliphatic rings. The number of ether oxygens (including phenoxy) is 1. The lowest BCUT2D eigenvalue weighted by atomic mass is 10.4. The van der Waals surface area contributed by atoms with Crippen molar-refractivity contribution < 1.29 is 9.84 Å². The largest absolute Gasteiger partial charge is 0.366 e. The van der Waals surface area contributed by atoms with Crippen molar-refractivity contribution in [2.45, 2.75) is 19.3 Å². The van der Waals surface area contributed by atoms with Gasteiger partial charge in [0.15, 0.2) is 6.29 Å². The number of hydrogen-bond acceptors (Lipinski definition) is 3. The van der Waals surface area contributed by atoms with Crippen LogP contribution in [0.25, 0.3) is 0 Å². The third kappa shape index (κ3) is 1.93. The van der Waals surface area contributed by atoms with Gasteiger partial charge >= 0.3 is 0 Å².